The zero-order chi connectivity index (χ0) is 11.8. The average Bonchev–Trinajstić information content (AvgIpc) is 2.96. The van der Waals surface area contributed by atoms with E-state index in [4.69, 9.17) is 16.6 Å². The van der Waals surface area contributed by atoms with Gasteiger partial charge in [-0.15, -0.1) is 11.3 Å². The quantitative estimate of drug-likeness (QED) is 0.927. The number of nitrogens with one attached hydrogen (secondary N) is 1. The molecule has 3 heterocycles. The number of nitrogens with zero attached hydrogens (tertiary/aromatic N) is 2. The summed E-state index contributed by atoms with van der Waals surface area (Å²) in [5, 5.41) is 3.18. The van der Waals surface area contributed by atoms with Gasteiger partial charge in [-0.3, -0.25) is 0 Å². The molecule has 2 aromatic heterocycles. The lowest BCUT2D eigenvalue weighted by molar-refractivity contribution is 0.653. The Morgan fingerprint density at radius 1 is 1.53 bits per heavy atom. The van der Waals surface area contributed by atoms with E-state index in [9.17, 15) is 0 Å². The smallest absolute Gasteiger partial charge is 0.123 e. The minimum absolute atomic E-state index is 0.826. The van der Waals surface area contributed by atoms with Crippen molar-refractivity contribution in [1.82, 2.24) is 14.9 Å². The summed E-state index contributed by atoms with van der Waals surface area (Å²) in [5.41, 5.74) is 2.50. The van der Waals surface area contributed by atoms with Crippen LogP contribution in [-0.4, -0.2) is 16.6 Å². The van der Waals surface area contributed by atoms with Gasteiger partial charge in [0.1, 0.15) is 11.5 Å². The van der Waals surface area contributed by atoms with Gasteiger partial charge >= 0.3 is 0 Å². The minimum Gasteiger partial charge on any atom is -0.330 e. The van der Waals surface area contributed by atoms with Crippen molar-refractivity contribution in [3.63, 3.8) is 0 Å². The van der Waals surface area contributed by atoms with Crippen LogP contribution in [-0.2, 0) is 19.5 Å². The third-order valence-corrected chi connectivity index (χ3v) is 4.33. The number of halogens is 1. The van der Waals surface area contributed by atoms with Crippen molar-refractivity contribution >= 4 is 22.9 Å². The number of fused-ring (bicyclic) bond motifs is 1. The summed E-state index contributed by atoms with van der Waals surface area (Å²) in [5.74, 6) is 1.14. The van der Waals surface area contributed by atoms with Crippen molar-refractivity contribution in [2.45, 2.75) is 25.9 Å². The Labute approximate surface area is 109 Å². The zero-order valence-electron chi connectivity index (χ0n) is 9.66. The Bertz CT molecular complexity index is 544. The van der Waals surface area contributed by atoms with Crippen LogP contribution in [0.2, 0.25) is 4.34 Å². The van der Waals surface area contributed by atoms with E-state index in [-0.39, 0.29) is 0 Å². The van der Waals surface area contributed by atoms with Crippen LogP contribution < -0.4 is 5.32 Å². The molecular weight excluding hydrogens is 254 g/mol. The molecule has 0 saturated heterocycles. The highest BCUT2D eigenvalue weighted by Crippen LogP contribution is 2.35. The summed E-state index contributed by atoms with van der Waals surface area (Å²) in [7, 11) is 1.96. The summed E-state index contributed by atoms with van der Waals surface area (Å²) in [6, 6.07) is 4.01. The number of hydrogen-bond acceptors (Lipinski definition) is 3. The predicted octanol–water partition coefficient (Wildman–Crippen LogP) is 2.93. The largest absolute Gasteiger partial charge is 0.330 e. The van der Waals surface area contributed by atoms with Crippen LogP contribution in [0.25, 0.3) is 10.6 Å². The molecule has 3 rings (SSSR count). The van der Waals surface area contributed by atoms with Crippen LogP contribution in [0.5, 0.6) is 0 Å². The van der Waals surface area contributed by atoms with Crippen LogP contribution in [0.15, 0.2) is 12.1 Å². The predicted molar refractivity (Wildman–Crippen MR) is 71.6 cm³/mol. The van der Waals surface area contributed by atoms with Crippen LogP contribution in [0.1, 0.15) is 17.9 Å². The Morgan fingerprint density at radius 3 is 3.12 bits per heavy atom. The number of rotatable bonds is 3. The first-order valence-corrected chi connectivity index (χ1v) is 6.97. The van der Waals surface area contributed by atoms with E-state index in [1.807, 2.05) is 13.1 Å². The van der Waals surface area contributed by atoms with Crippen LogP contribution >= 0.6 is 22.9 Å². The first-order valence-electron chi connectivity index (χ1n) is 5.78. The molecule has 0 amide bonds. The van der Waals surface area contributed by atoms with E-state index in [0.717, 1.165) is 35.4 Å². The monoisotopic (exact) mass is 267 g/mol. The molecule has 0 radical (unpaired) electrons. The Kier molecular flexibility index (Phi) is 2.94. The van der Waals surface area contributed by atoms with Crippen LogP contribution in [0.4, 0.5) is 0 Å². The Morgan fingerprint density at radius 2 is 2.41 bits per heavy atom. The lowest BCUT2D eigenvalue weighted by Crippen LogP contribution is -2.11. The molecule has 1 N–H and O–H groups in total. The summed E-state index contributed by atoms with van der Waals surface area (Å²) in [6.07, 6.45) is 2.35. The van der Waals surface area contributed by atoms with Gasteiger partial charge in [-0.25, -0.2) is 4.98 Å². The molecule has 0 aliphatic carbocycles. The minimum atomic E-state index is 0.826. The van der Waals surface area contributed by atoms with Gasteiger partial charge in [-0.2, -0.15) is 0 Å². The van der Waals surface area contributed by atoms with Gasteiger partial charge in [0.25, 0.3) is 0 Å². The normalized spacial score (nSPS) is 14.2. The summed E-state index contributed by atoms with van der Waals surface area (Å²) >= 11 is 7.61. The highest BCUT2D eigenvalue weighted by molar-refractivity contribution is 7.19. The molecule has 0 unspecified atom stereocenters. The molecule has 0 bridgehead atoms. The second-order valence-corrected chi connectivity index (χ2v) is 5.93. The van der Waals surface area contributed by atoms with E-state index >= 15 is 0 Å². The number of aromatic nitrogens is 2. The standard InChI is InChI=1S/C12H14ClN3S/c1-14-7-11-15-12(8-3-2-6-16(8)11)9-4-5-10(13)17-9/h4-5,14H,2-3,6-7H2,1H3. The topological polar surface area (TPSA) is 29.9 Å². The number of imidazole rings is 1. The molecule has 1 aliphatic rings. The fraction of sp³-hybridized carbons (Fsp3) is 0.417. The highest BCUT2D eigenvalue weighted by Gasteiger charge is 2.22. The molecule has 0 aromatic carbocycles. The van der Waals surface area contributed by atoms with Gasteiger partial charge in [-0.05, 0) is 32.0 Å². The lowest BCUT2D eigenvalue weighted by atomic mass is 10.2. The number of hydrogen-bond donors (Lipinski definition) is 1. The van der Waals surface area contributed by atoms with Crippen molar-refractivity contribution in [3.05, 3.63) is 28.0 Å². The first kappa shape index (κ1) is 11.3. The summed E-state index contributed by atoms with van der Waals surface area (Å²) in [6.45, 7) is 1.92. The average molecular weight is 268 g/mol. The van der Waals surface area contributed by atoms with Crippen molar-refractivity contribution in [1.29, 1.82) is 0 Å². The molecule has 0 fully saturated rings. The molecule has 2 aromatic rings. The first-order chi connectivity index (χ1) is 8.29. The van der Waals surface area contributed by atoms with E-state index in [0.29, 0.717) is 0 Å². The molecule has 1 aliphatic heterocycles. The van der Waals surface area contributed by atoms with E-state index < -0.39 is 0 Å². The van der Waals surface area contributed by atoms with Crippen molar-refractivity contribution in [3.8, 4) is 10.6 Å². The molecule has 3 nitrogen and oxygen atoms in total. The maximum Gasteiger partial charge on any atom is 0.123 e. The molecule has 90 valence electrons. The third-order valence-electron chi connectivity index (χ3n) is 3.09. The Hall–Kier alpha value is -0.840. The van der Waals surface area contributed by atoms with E-state index in [1.54, 1.807) is 11.3 Å². The molecule has 0 atom stereocenters. The third kappa shape index (κ3) is 1.90. The van der Waals surface area contributed by atoms with Gasteiger partial charge in [-0.1, -0.05) is 11.6 Å². The molecule has 5 heteroatoms. The van der Waals surface area contributed by atoms with Crippen molar-refractivity contribution in [2.75, 3.05) is 7.05 Å². The Balaban J connectivity index is 2.08. The second kappa shape index (κ2) is 4.44. The van der Waals surface area contributed by atoms with Gasteiger partial charge in [0.15, 0.2) is 0 Å². The van der Waals surface area contributed by atoms with Crippen LogP contribution in [0.3, 0.4) is 0 Å². The fourth-order valence-electron chi connectivity index (χ4n) is 2.39. The summed E-state index contributed by atoms with van der Waals surface area (Å²) < 4.78 is 3.18. The van der Waals surface area contributed by atoms with Crippen molar-refractivity contribution < 1.29 is 0 Å². The van der Waals surface area contributed by atoms with Gasteiger partial charge in [0.05, 0.1) is 15.8 Å². The summed E-state index contributed by atoms with van der Waals surface area (Å²) in [4.78, 5) is 5.94. The molecule has 0 spiro atoms. The highest BCUT2D eigenvalue weighted by atomic mass is 35.5. The lowest BCUT2D eigenvalue weighted by Gasteiger charge is -2.01. The fourth-order valence-corrected chi connectivity index (χ4v) is 3.45. The maximum atomic E-state index is 6.00. The van der Waals surface area contributed by atoms with Crippen molar-refractivity contribution in [2.24, 2.45) is 0 Å². The second-order valence-electron chi connectivity index (χ2n) is 4.21. The molecule has 17 heavy (non-hydrogen) atoms. The molecular formula is C12H14ClN3S. The van der Waals surface area contributed by atoms with Crippen LogP contribution in [0, 0.1) is 0 Å². The van der Waals surface area contributed by atoms with E-state index in [2.05, 4.69) is 16.0 Å². The molecule has 0 saturated carbocycles. The van der Waals surface area contributed by atoms with Gasteiger partial charge < -0.3 is 9.88 Å². The zero-order valence-corrected chi connectivity index (χ0v) is 11.2. The SMILES string of the molecule is CNCc1nc(-c2ccc(Cl)s2)c2n1CCC2. The maximum absolute atomic E-state index is 6.00. The van der Waals surface area contributed by atoms with Gasteiger partial charge in [0, 0.05) is 12.2 Å². The van der Waals surface area contributed by atoms with Gasteiger partial charge in [0.2, 0.25) is 0 Å². The van der Waals surface area contributed by atoms with E-state index in [1.165, 1.54) is 17.0 Å². The number of thiophene rings is 1.